The predicted molar refractivity (Wildman–Crippen MR) is 398 cm³/mol. The Bertz CT molecular complexity index is 5100. The van der Waals surface area contributed by atoms with Crippen molar-refractivity contribution in [2.75, 3.05) is 9.80 Å². The molecule has 2 aliphatic heterocycles. The molecule has 2 aliphatic rings. The molecule has 11 aromatic carbocycles. The zero-order valence-electron chi connectivity index (χ0n) is 59.3. The lowest BCUT2D eigenvalue weighted by Crippen LogP contribution is -2.61. The van der Waals surface area contributed by atoms with E-state index in [-0.39, 0.29) is 52.2 Å². The average molecular weight is 1210 g/mol. The molecule has 5 nitrogen and oxygen atoms in total. The largest absolute Gasteiger partial charge is 0.311 e. The van der Waals surface area contributed by atoms with Crippen molar-refractivity contribution in [2.45, 2.75) is 105 Å². The van der Waals surface area contributed by atoms with Crippen molar-refractivity contribution in [3.8, 4) is 44.8 Å². The predicted octanol–water partition coefficient (Wildman–Crippen LogP) is 21.5. The molecule has 0 aliphatic carbocycles. The van der Waals surface area contributed by atoms with Crippen LogP contribution in [0, 0.1) is 0 Å². The van der Waals surface area contributed by atoms with E-state index in [0.29, 0.717) is 5.56 Å². The minimum atomic E-state index is -0.398. The van der Waals surface area contributed by atoms with Gasteiger partial charge in [-0.15, -0.1) is 0 Å². The van der Waals surface area contributed by atoms with Gasteiger partial charge in [0.1, 0.15) is 0 Å². The molecular formula is C87H78BN5. The van der Waals surface area contributed by atoms with Gasteiger partial charge in [0.25, 0.3) is 6.71 Å². The molecular weight excluding hydrogens is 1130 g/mol. The Morgan fingerprint density at radius 3 is 1.02 bits per heavy atom. The van der Waals surface area contributed by atoms with Gasteiger partial charge in [0.15, 0.2) is 0 Å². The van der Waals surface area contributed by atoms with Gasteiger partial charge in [-0.2, -0.15) is 0 Å². The van der Waals surface area contributed by atoms with Gasteiger partial charge in [0.05, 0.1) is 27.5 Å². The van der Waals surface area contributed by atoms with Crippen LogP contribution in [0.15, 0.2) is 255 Å². The molecule has 16 rings (SSSR count). The highest BCUT2D eigenvalue weighted by Gasteiger charge is 2.44. The van der Waals surface area contributed by atoms with Gasteiger partial charge >= 0.3 is 0 Å². The van der Waals surface area contributed by atoms with Crippen molar-refractivity contribution in [1.82, 2.24) is 14.1 Å². The monoisotopic (exact) mass is 1210 g/mol. The smallest absolute Gasteiger partial charge is 0.252 e. The van der Waals surface area contributed by atoms with Gasteiger partial charge in [-0.25, -0.2) is 0 Å². The molecule has 0 atom stereocenters. The van der Waals surface area contributed by atoms with E-state index in [0.717, 1.165) is 106 Å². The van der Waals surface area contributed by atoms with Gasteiger partial charge in [-0.1, -0.05) is 210 Å². The molecule has 0 N–H and O–H groups in total. The summed E-state index contributed by atoms with van der Waals surface area (Å²) in [7, 11) is 0. The number of hydrogen-bond donors (Lipinski definition) is 0. The Balaban J connectivity index is 1.02. The summed E-state index contributed by atoms with van der Waals surface area (Å²) in [5.41, 5.74) is 25.3. The molecule has 0 saturated heterocycles. The Hall–Kier alpha value is -10.2. The maximum Gasteiger partial charge on any atom is 0.252 e. The van der Waals surface area contributed by atoms with Gasteiger partial charge in [-0.3, -0.25) is 4.98 Å². The third-order valence-electron chi connectivity index (χ3n) is 19.8. The fraction of sp³-hybridized carbons (Fsp3) is 0.184. The number of pyridine rings is 1. The molecule has 6 heteroatoms. The van der Waals surface area contributed by atoms with Crippen LogP contribution in [0.3, 0.4) is 0 Å². The van der Waals surface area contributed by atoms with Crippen LogP contribution in [-0.2, 0) is 21.7 Å². The first-order chi connectivity index (χ1) is 46.3. The van der Waals surface area contributed by atoms with Crippen LogP contribution in [0.1, 0.15) is 111 Å². The molecule has 5 heterocycles. The van der Waals surface area contributed by atoms with E-state index in [1.165, 1.54) is 43.8 Å². The maximum atomic E-state index is 9.68. The Morgan fingerprint density at radius 1 is 0.323 bits per heavy atom. The van der Waals surface area contributed by atoms with Gasteiger partial charge in [0, 0.05) is 85.0 Å². The Morgan fingerprint density at radius 2 is 0.667 bits per heavy atom. The molecule has 14 aromatic rings. The highest BCUT2D eigenvalue weighted by molar-refractivity contribution is 7.00. The van der Waals surface area contributed by atoms with Gasteiger partial charge in [0.2, 0.25) is 0 Å². The van der Waals surface area contributed by atoms with Crippen LogP contribution in [0.4, 0.5) is 34.1 Å². The second kappa shape index (κ2) is 21.2. The van der Waals surface area contributed by atoms with Crippen LogP contribution >= 0.6 is 0 Å². The standard InChI is InChI=1S/C87H78BN5/c1-84(2,3)61-29-41-75-69(48-61)70-49-62(85(4,5)6)30-42-76(70)92(75)67-37-39-73-79(52-67)90(65-33-25-57(26-34-65)55-20-15-13-16-21-55)81-46-60(59-24-19-45-89-54-59)47-82-83(81)88(73)74-40-38-68(53-80(74)91(82)66-35-27-58(28-36-66)56-22-17-14-18-23-56)93-77-43-31-63(86(7,8)9)50-71(77)72-51-64(87(10,11)12)32-44-78(72)93/h13-54H,1-12H3/i19D,24D,45D,54D. The van der Waals surface area contributed by atoms with E-state index < -0.39 is 6.17 Å². The summed E-state index contributed by atoms with van der Waals surface area (Å²) < 4.78 is 42.0. The number of nitrogens with zero attached hydrogens (tertiary/aromatic N) is 5. The van der Waals surface area contributed by atoms with Crippen molar-refractivity contribution < 1.29 is 5.48 Å². The molecule has 0 spiro atoms. The highest BCUT2D eigenvalue weighted by atomic mass is 15.2. The van der Waals surface area contributed by atoms with Gasteiger partial charge < -0.3 is 18.9 Å². The van der Waals surface area contributed by atoms with Crippen LogP contribution in [0.2, 0.25) is 0 Å². The SMILES string of the molecule is [2H]c1nc([2H])c(-c2cc3c4c(c2)N(c2ccc(-c5ccccc5)cc2)c2cc(-n5c6ccc(C(C)(C)C)cc6c6cc(C(C)(C)C)ccc65)ccc2B4c2ccc(-n4c5ccc(C(C)(C)C)cc5c5cc(C(C)(C)C)ccc54)cc2N3c2ccc(-c3ccccc3)cc2)c([2H])c1[2H]. The zero-order valence-corrected chi connectivity index (χ0v) is 55.3. The number of aromatic nitrogens is 3. The van der Waals surface area contributed by atoms with E-state index in [4.69, 9.17) is 2.74 Å². The minimum Gasteiger partial charge on any atom is -0.311 e. The summed E-state index contributed by atoms with van der Waals surface area (Å²) in [6.07, 6.45) is -0.625. The van der Waals surface area contributed by atoms with Crippen LogP contribution in [-0.4, -0.2) is 20.8 Å². The lowest BCUT2D eigenvalue weighted by molar-refractivity contribution is 0.590. The summed E-state index contributed by atoms with van der Waals surface area (Å²) in [4.78, 5) is 9.14. The van der Waals surface area contributed by atoms with Crippen molar-refractivity contribution in [3.63, 3.8) is 0 Å². The first kappa shape index (κ1) is 53.5. The van der Waals surface area contributed by atoms with Crippen LogP contribution in [0.5, 0.6) is 0 Å². The third-order valence-corrected chi connectivity index (χ3v) is 19.8. The molecule has 0 radical (unpaired) electrons. The molecule has 0 unspecified atom stereocenters. The number of hydrogen-bond acceptors (Lipinski definition) is 3. The molecule has 0 fully saturated rings. The molecule has 3 aromatic heterocycles. The van der Waals surface area contributed by atoms with E-state index in [1.807, 2.05) is 12.1 Å². The second-order valence-corrected chi connectivity index (χ2v) is 29.9. The van der Waals surface area contributed by atoms with Crippen molar-refractivity contribution in [1.29, 1.82) is 0 Å². The number of fused-ring (bicyclic) bond motifs is 10. The maximum absolute atomic E-state index is 9.68. The fourth-order valence-corrected chi connectivity index (χ4v) is 14.6. The fourth-order valence-electron chi connectivity index (χ4n) is 14.6. The van der Waals surface area contributed by atoms with Crippen molar-refractivity contribution in [2.24, 2.45) is 0 Å². The summed E-state index contributed by atoms with van der Waals surface area (Å²) >= 11 is 0. The zero-order chi connectivity index (χ0) is 67.5. The Labute approximate surface area is 554 Å². The topological polar surface area (TPSA) is 29.2 Å². The summed E-state index contributed by atoms with van der Waals surface area (Å²) in [5, 5.41) is 4.83. The molecule has 0 bridgehead atoms. The lowest BCUT2D eigenvalue weighted by atomic mass is 9.33. The number of benzene rings is 11. The lowest BCUT2D eigenvalue weighted by Gasteiger charge is -2.44. The van der Waals surface area contributed by atoms with E-state index >= 15 is 0 Å². The Kier molecular flexibility index (Phi) is 12.2. The second-order valence-electron chi connectivity index (χ2n) is 29.9. The highest BCUT2D eigenvalue weighted by Crippen LogP contribution is 2.49. The van der Waals surface area contributed by atoms with Gasteiger partial charge in [-0.05, 0) is 203 Å². The first-order valence-corrected chi connectivity index (χ1v) is 32.8. The number of anilines is 6. The normalized spacial score (nSPS) is 13.9. The van der Waals surface area contributed by atoms with E-state index in [1.54, 1.807) is 0 Å². The third kappa shape index (κ3) is 9.70. The van der Waals surface area contributed by atoms with E-state index in [9.17, 15) is 2.74 Å². The molecule has 0 saturated carbocycles. The number of rotatable bonds is 7. The quantitative estimate of drug-likeness (QED) is 0.149. The molecule has 0 amide bonds. The summed E-state index contributed by atoms with van der Waals surface area (Å²) in [5.74, 6) is 0. The molecule has 93 heavy (non-hydrogen) atoms. The van der Waals surface area contributed by atoms with Crippen LogP contribution in [0.25, 0.3) is 88.4 Å². The van der Waals surface area contributed by atoms with Crippen molar-refractivity contribution >= 4 is 101 Å². The van der Waals surface area contributed by atoms with Crippen molar-refractivity contribution in [3.05, 3.63) is 277 Å². The first-order valence-electron chi connectivity index (χ1n) is 34.8. The minimum absolute atomic E-state index is 0.0747. The molecule has 454 valence electrons. The summed E-state index contributed by atoms with van der Waals surface area (Å²) in [6, 6.07) is 84.6. The summed E-state index contributed by atoms with van der Waals surface area (Å²) in [6.45, 7) is 27.1. The van der Waals surface area contributed by atoms with Crippen LogP contribution < -0.4 is 26.2 Å². The average Bonchev–Trinajstić information content (AvgIpc) is 0.907. The van der Waals surface area contributed by atoms with E-state index in [2.05, 4.69) is 325 Å².